The lowest BCUT2D eigenvalue weighted by atomic mass is 10.2. The summed E-state index contributed by atoms with van der Waals surface area (Å²) in [5.74, 6) is -13.0. The van der Waals surface area contributed by atoms with E-state index in [0.29, 0.717) is 25.9 Å². The number of aliphatic carboxylic acids is 4. The van der Waals surface area contributed by atoms with Gasteiger partial charge in [-0.3, -0.25) is 39.0 Å². The highest BCUT2D eigenvalue weighted by molar-refractivity contribution is 7.96. The van der Waals surface area contributed by atoms with E-state index in [0.717, 1.165) is 31.5 Å². The molecule has 9 rings (SSSR count). The van der Waals surface area contributed by atoms with Crippen LogP contribution in [0.15, 0.2) is 283 Å². The van der Waals surface area contributed by atoms with Gasteiger partial charge in [-0.15, -0.1) is 9.98 Å². The van der Waals surface area contributed by atoms with Gasteiger partial charge in [-0.2, -0.15) is 52.7 Å². The highest BCUT2D eigenvalue weighted by Gasteiger charge is 2.51. The summed E-state index contributed by atoms with van der Waals surface area (Å²) < 4.78 is 148. The number of aliphatic imine (C=N–C) groups is 2. The van der Waals surface area contributed by atoms with E-state index in [1.807, 2.05) is 48.3 Å². The zero-order chi connectivity index (χ0) is 113. The summed E-state index contributed by atoms with van der Waals surface area (Å²) in [7, 11) is -0.850. The second-order valence-corrected chi connectivity index (χ2v) is 48.0. The maximum atomic E-state index is 13.0. The molecule has 808 valence electrons. The average molecular weight is 2160 g/mol. The number of rotatable bonds is 27. The summed E-state index contributed by atoms with van der Waals surface area (Å²) in [5.41, 5.74) is 13.5. The maximum Gasteiger partial charge on any atom is 0.490 e. The molecule has 0 aliphatic heterocycles. The molecule has 0 saturated carbocycles. The molecule has 0 aromatic heterocycles. The minimum absolute atomic E-state index is 0.0830. The molecule has 0 aliphatic rings. The van der Waals surface area contributed by atoms with Crippen LogP contribution in [0.4, 0.5) is 71.9 Å². The fraction of sp³-hybridized carbons (Fsp3) is 0.340. The zero-order valence-electron chi connectivity index (χ0n) is 84.7. The molecule has 0 spiro atoms. The van der Waals surface area contributed by atoms with E-state index in [9.17, 15) is 86.2 Å². The third-order valence-electron chi connectivity index (χ3n) is 20.2. The largest absolute Gasteiger partial charge is 0.490 e. The van der Waals surface area contributed by atoms with E-state index < -0.39 is 129 Å². The lowest BCUT2D eigenvalue weighted by Gasteiger charge is -2.34. The number of guanidine groups is 3. The number of nitrogens with zero attached hydrogens (tertiary/aromatic N) is 5. The van der Waals surface area contributed by atoms with E-state index in [4.69, 9.17) is 81.2 Å². The van der Waals surface area contributed by atoms with Crippen molar-refractivity contribution in [2.75, 3.05) is 78.9 Å². The smallest absolute Gasteiger partial charge is 0.475 e. The minimum atomic E-state index is -5.08. The summed E-state index contributed by atoms with van der Waals surface area (Å²) in [6.45, 7) is 21.9. The highest BCUT2D eigenvalue weighted by atomic mass is 31.2. The van der Waals surface area contributed by atoms with E-state index >= 15 is 0 Å². The number of nitrogens with two attached hydrogens (primary N) is 3. The lowest BCUT2D eigenvalue weighted by Crippen LogP contribution is -2.61. The van der Waals surface area contributed by atoms with Crippen LogP contribution in [-0.2, 0) is 52.5 Å². The Kier molecular flexibility index (Phi) is 50.2. The molecular formula is C103H128F12N12O19P3+5. The summed E-state index contributed by atoms with van der Waals surface area (Å²) in [6.07, 6.45) is -19.1. The Morgan fingerprint density at radius 3 is 0.671 bits per heavy atom. The molecule has 0 heterocycles. The number of carbonyl (C=O) groups is 11. The molecule has 9 aromatic carbocycles. The molecule has 7 amide bonds. The Hall–Kier alpha value is -14.1. The van der Waals surface area contributed by atoms with Gasteiger partial charge in [-0.1, -0.05) is 164 Å². The van der Waals surface area contributed by atoms with Gasteiger partial charge in [-0.25, -0.2) is 49.0 Å². The van der Waals surface area contributed by atoms with Gasteiger partial charge in [-0.05, 0) is 206 Å². The number of hydrogen-bond acceptors (Lipinski definition) is 17. The first-order valence-electron chi connectivity index (χ1n) is 45.5. The van der Waals surface area contributed by atoms with Gasteiger partial charge in [0.1, 0.15) is 91.9 Å². The summed E-state index contributed by atoms with van der Waals surface area (Å²) >= 11 is 0. The first-order chi connectivity index (χ1) is 68.9. The van der Waals surface area contributed by atoms with Crippen LogP contribution >= 0.6 is 21.8 Å². The Balaban J connectivity index is 0.000000511. The van der Waals surface area contributed by atoms with Gasteiger partial charge in [0, 0.05) is 19.4 Å². The van der Waals surface area contributed by atoms with Crippen molar-refractivity contribution < 1.29 is 154 Å². The topological polar surface area (TPSA) is 472 Å². The van der Waals surface area contributed by atoms with Crippen LogP contribution in [0.3, 0.4) is 0 Å². The molecule has 46 heteroatoms. The summed E-state index contributed by atoms with van der Waals surface area (Å²) in [5, 5.41) is 54.8. The molecule has 0 saturated heterocycles. The number of likely N-dealkylation sites (N-methyl/N-ethyl adjacent to an activating group) is 3. The predicted octanol–water partition coefficient (Wildman–Crippen LogP) is 15.1. The number of quaternary nitrogens is 2. The number of benzene rings is 9. The Bertz CT molecular complexity index is 5250. The third-order valence-corrected chi connectivity index (χ3v) is 33.8. The van der Waals surface area contributed by atoms with E-state index in [-0.39, 0.29) is 52.4 Å². The zero-order valence-corrected chi connectivity index (χ0v) is 87.4. The van der Waals surface area contributed by atoms with Crippen molar-refractivity contribution in [2.45, 2.75) is 149 Å². The van der Waals surface area contributed by atoms with Crippen molar-refractivity contribution >= 4 is 153 Å². The number of carbonyl (C=O) groups excluding carboxylic acids is 7. The number of carboxylic acids is 4. The van der Waals surface area contributed by atoms with Gasteiger partial charge in [0.2, 0.25) is 5.91 Å². The second-order valence-electron chi connectivity index (χ2n) is 37.2. The van der Waals surface area contributed by atoms with Crippen molar-refractivity contribution in [2.24, 2.45) is 27.2 Å². The number of alkyl carbamates (subject to hydrolysis) is 2. The number of hydrogen-bond donors (Lipinski definition) is 11. The van der Waals surface area contributed by atoms with Crippen molar-refractivity contribution in [3.63, 3.8) is 0 Å². The quantitative estimate of drug-likeness (QED) is 0.00569. The second kappa shape index (κ2) is 58.0. The highest BCUT2D eigenvalue weighted by Crippen LogP contribution is 2.58. The van der Waals surface area contributed by atoms with E-state index in [1.165, 1.54) is 47.7 Å². The fourth-order valence-electron chi connectivity index (χ4n) is 14.4. The normalized spacial score (nSPS) is 12.8. The average Bonchev–Trinajstić information content (AvgIpc) is 0.760. The maximum absolute atomic E-state index is 13.0. The predicted molar refractivity (Wildman–Crippen MR) is 553 cm³/mol. The van der Waals surface area contributed by atoms with Gasteiger partial charge in [0.05, 0.1) is 52.2 Å². The Morgan fingerprint density at radius 1 is 0.329 bits per heavy atom. The lowest BCUT2D eigenvalue weighted by molar-refractivity contribution is -0.814. The third kappa shape index (κ3) is 46.1. The number of nitrogens with one attached hydrogen (secondary N) is 4. The number of halogens is 12. The van der Waals surface area contributed by atoms with Gasteiger partial charge >= 0.3 is 84.9 Å². The summed E-state index contributed by atoms with van der Waals surface area (Å²) in [6, 6.07) is 95.2. The van der Waals surface area contributed by atoms with Crippen LogP contribution in [0.1, 0.15) is 102 Å². The molecule has 0 radical (unpaired) electrons. The minimum Gasteiger partial charge on any atom is -0.475 e. The van der Waals surface area contributed by atoms with Crippen LogP contribution < -0.4 is 80.9 Å². The molecule has 2 unspecified atom stereocenters. The number of primary amides is 2. The molecule has 0 aliphatic carbocycles. The van der Waals surface area contributed by atoms with E-state index in [1.54, 1.807) is 97.2 Å². The monoisotopic (exact) mass is 2160 g/mol. The molecule has 0 fully saturated rings. The number of amides is 7. The molecule has 31 nitrogen and oxygen atoms in total. The van der Waals surface area contributed by atoms with Crippen molar-refractivity contribution in [3.05, 3.63) is 273 Å². The first kappa shape index (κ1) is 129. The van der Waals surface area contributed by atoms with Crippen LogP contribution in [0, 0.1) is 5.41 Å². The number of ether oxygens (including phenoxy) is 4. The van der Waals surface area contributed by atoms with E-state index in [2.05, 4.69) is 263 Å². The number of carboxylic acid groups (broad SMARTS) is 4. The first-order valence-corrected chi connectivity index (χ1v) is 51.4. The van der Waals surface area contributed by atoms with Crippen LogP contribution in [0.25, 0.3) is 0 Å². The summed E-state index contributed by atoms with van der Waals surface area (Å²) in [4.78, 5) is 135. The van der Waals surface area contributed by atoms with Crippen molar-refractivity contribution in [1.29, 1.82) is 5.41 Å². The van der Waals surface area contributed by atoms with Gasteiger partial charge in [0.15, 0.2) is 19.0 Å². The molecule has 149 heavy (non-hydrogen) atoms. The van der Waals surface area contributed by atoms with Crippen molar-refractivity contribution in [3.8, 4) is 0 Å². The Morgan fingerprint density at radius 2 is 0.510 bits per heavy atom. The number of alkyl halides is 12. The van der Waals surface area contributed by atoms with Crippen molar-refractivity contribution in [1.82, 2.24) is 20.9 Å². The fourth-order valence-corrected chi connectivity index (χ4v) is 27.3. The SMILES string of the molecule is CC(C)(C)OC(=O)/N=C(\NC(=O)OC(C)(C)C)[N+](C)(CCC[P+](c1ccccc1)(c1ccccc1)c1ccccc1)CC(N)=O.CC(C)(C)OC(=O)/N=C(\NC(=O)OC(C)(C)C)[N+](C)(CCC[P+](c1ccccc1)(c1ccccc1)c1ccccc1)CC(N)=O.CN(CCC[P+](c1ccccc1)(c1ccccc1)c1ccccc1)CC(=O)NC(=N)N.O=C(O)C(F)(F)F.O=C(O)C(F)(F)F.O=C(O)C(F)(F)F.O=C(O)C(F)(F)F. The van der Waals surface area contributed by atoms with Crippen LogP contribution in [-0.4, -0.2) is 244 Å². The Labute approximate surface area is 857 Å². The van der Waals surface area contributed by atoms with Crippen LogP contribution in [0.2, 0.25) is 0 Å². The van der Waals surface area contributed by atoms with Gasteiger partial charge in [0.25, 0.3) is 11.8 Å². The molecule has 2 atom stereocenters. The molecule has 14 N–H and O–H groups in total. The molecular weight excluding hydrogens is 2030 g/mol. The van der Waals surface area contributed by atoms with Gasteiger partial charge < -0.3 is 56.6 Å². The molecule has 0 bridgehead atoms. The molecule has 9 aromatic rings. The van der Waals surface area contributed by atoms with Crippen LogP contribution in [0.5, 0.6) is 0 Å². The standard InChI is InChI=1S/2C35H45N4O5P.C25H29N4OP.4C2HF3O2/c2*1-34(2,3)43-32(41)37-31(38-33(42)44-35(4,5)6)39(7,26-30(36)40)24-17-25-45(27-18-11-8-12-19-27,28-20-13-9-14-21-28)29-22-15-10-16-23-29;1-29(20-24(30)28-25(26)27)18-11-19-31(21-12-5-2-6-13-21,22-14-7-3-8-15-22)23-16-9-4-10-17-23;4*3-2(4,5)1(6)7/h2*8-16,18-23H,17,24-26H2,1-7H3,(H-2,36,37,38,40,41,42);2-10,12-17H,11,18-20H2,1H3,(H3-,26,27,28,30);4*(H,6,7)/p+5.